The van der Waals surface area contributed by atoms with Gasteiger partial charge in [0.25, 0.3) is 0 Å². The maximum absolute atomic E-state index is 13.4. The van der Waals surface area contributed by atoms with Gasteiger partial charge in [0.1, 0.15) is 5.75 Å². The highest BCUT2D eigenvalue weighted by Gasteiger charge is 2.21. The summed E-state index contributed by atoms with van der Waals surface area (Å²) in [6, 6.07) is 25.7. The molecule has 2 nitrogen and oxygen atoms in total. The predicted octanol–water partition coefficient (Wildman–Crippen LogP) is 6.98. The van der Waals surface area contributed by atoms with Crippen LogP contribution in [0.4, 0.5) is 0 Å². The van der Waals surface area contributed by atoms with Gasteiger partial charge in [-0.05, 0) is 30.2 Å². The molecule has 3 heteroatoms. The van der Waals surface area contributed by atoms with E-state index in [1.165, 1.54) is 0 Å². The zero-order valence-electron chi connectivity index (χ0n) is 15.9. The average molecular weight is 387 g/mol. The van der Waals surface area contributed by atoms with Gasteiger partial charge in [-0.2, -0.15) is 0 Å². The first kappa shape index (κ1) is 18.5. The van der Waals surface area contributed by atoms with Crippen LogP contribution in [0.25, 0.3) is 20.5 Å². The maximum atomic E-state index is 13.4. The molecule has 4 aromatic rings. The van der Waals surface area contributed by atoms with Crippen molar-refractivity contribution in [3.05, 3.63) is 90.0 Å². The molecule has 0 unspecified atom stereocenters. The Morgan fingerprint density at radius 1 is 0.929 bits per heavy atom. The third kappa shape index (κ3) is 3.71. The van der Waals surface area contributed by atoms with Crippen LogP contribution in [0.1, 0.15) is 35.7 Å². The van der Waals surface area contributed by atoms with Crippen molar-refractivity contribution >= 4 is 27.2 Å². The van der Waals surface area contributed by atoms with Gasteiger partial charge < -0.3 is 4.74 Å². The Hall–Kier alpha value is -2.91. The molecule has 0 saturated heterocycles. The van der Waals surface area contributed by atoms with E-state index in [1.807, 2.05) is 60.7 Å². The Balaban J connectivity index is 1.84. The van der Waals surface area contributed by atoms with E-state index in [0.717, 1.165) is 44.7 Å². The van der Waals surface area contributed by atoms with E-state index in [1.54, 1.807) is 11.3 Å². The first-order chi connectivity index (χ1) is 13.8. The number of benzene rings is 3. The number of ketones is 1. The molecule has 140 valence electrons. The van der Waals surface area contributed by atoms with Gasteiger partial charge in [0.2, 0.25) is 0 Å². The fourth-order valence-electron chi connectivity index (χ4n) is 3.25. The fourth-order valence-corrected chi connectivity index (χ4v) is 4.49. The number of thiophene rings is 1. The van der Waals surface area contributed by atoms with E-state index < -0.39 is 0 Å². The van der Waals surface area contributed by atoms with Gasteiger partial charge in [0, 0.05) is 26.1 Å². The zero-order valence-corrected chi connectivity index (χ0v) is 16.7. The summed E-state index contributed by atoms with van der Waals surface area (Å²) in [6.07, 6.45) is 2.14. The van der Waals surface area contributed by atoms with Gasteiger partial charge in [-0.15, -0.1) is 11.3 Å². The van der Waals surface area contributed by atoms with Crippen molar-refractivity contribution in [2.24, 2.45) is 0 Å². The molecule has 28 heavy (non-hydrogen) atoms. The van der Waals surface area contributed by atoms with Crippen LogP contribution >= 0.6 is 11.3 Å². The van der Waals surface area contributed by atoms with Crippen LogP contribution in [0.3, 0.4) is 0 Å². The fraction of sp³-hybridized carbons (Fsp3) is 0.160. The third-order valence-corrected chi connectivity index (χ3v) is 5.93. The van der Waals surface area contributed by atoms with Gasteiger partial charge in [0.05, 0.1) is 6.61 Å². The topological polar surface area (TPSA) is 26.3 Å². The monoisotopic (exact) mass is 386 g/mol. The molecule has 0 N–H and O–H groups in total. The summed E-state index contributed by atoms with van der Waals surface area (Å²) in [5.41, 5.74) is 2.55. The summed E-state index contributed by atoms with van der Waals surface area (Å²) in [5, 5.41) is 0.987. The molecule has 0 fully saturated rings. The molecular weight excluding hydrogens is 364 g/mol. The number of hydrogen-bond donors (Lipinski definition) is 0. The minimum Gasteiger partial charge on any atom is -0.494 e. The molecule has 1 heterocycles. The van der Waals surface area contributed by atoms with E-state index in [-0.39, 0.29) is 5.78 Å². The SMILES string of the molecule is CCCCOc1ccc2c(C(=O)c3ccccc3)c(-c3ccccc3)sc2c1. The van der Waals surface area contributed by atoms with Gasteiger partial charge in [-0.1, -0.05) is 74.0 Å². The summed E-state index contributed by atoms with van der Waals surface area (Å²) < 4.78 is 6.95. The third-order valence-electron chi connectivity index (χ3n) is 4.73. The van der Waals surface area contributed by atoms with Crippen LogP contribution in [0.15, 0.2) is 78.9 Å². The summed E-state index contributed by atoms with van der Waals surface area (Å²) in [6.45, 7) is 2.87. The summed E-state index contributed by atoms with van der Waals surface area (Å²) >= 11 is 1.65. The number of carbonyl (C=O) groups excluding carboxylic acids is 1. The highest BCUT2D eigenvalue weighted by atomic mass is 32.1. The molecular formula is C25H22O2S. The van der Waals surface area contributed by atoms with Crippen molar-refractivity contribution in [2.75, 3.05) is 6.61 Å². The van der Waals surface area contributed by atoms with E-state index in [0.29, 0.717) is 12.2 Å². The van der Waals surface area contributed by atoms with Gasteiger partial charge in [-0.25, -0.2) is 0 Å². The van der Waals surface area contributed by atoms with Crippen molar-refractivity contribution < 1.29 is 9.53 Å². The highest BCUT2D eigenvalue weighted by Crippen LogP contribution is 2.41. The summed E-state index contributed by atoms with van der Waals surface area (Å²) in [4.78, 5) is 14.4. The molecule has 0 aliphatic heterocycles. The van der Waals surface area contributed by atoms with Crippen molar-refractivity contribution in [2.45, 2.75) is 19.8 Å². The molecule has 0 saturated carbocycles. The Morgan fingerprint density at radius 2 is 1.64 bits per heavy atom. The number of unbranched alkanes of at least 4 members (excludes halogenated alkanes) is 1. The Labute approximate surface area is 169 Å². The molecule has 0 aliphatic rings. The molecule has 0 aliphatic carbocycles. The van der Waals surface area contributed by atoms with Crippen LogP contribution in [0.5, 0.6) is 5.75 Å². The molecule has 0 radical (unpaired) electrons. The van der Waals surface area contributed by atoms with Gasteiger partial charge >= 0.3 is 0 Å². The van der Waals surface area contributed by atoms with Crippen molar-refractivity contribution in [3.8, 4) is 16.2 Å². The predicted molar refractivity (Wildman–Crippen MR) is 118 cm³/mol. The largest absolute Gasteiger partial charge is 0.494 e. The zero-order chi connectivity index (χ0) is 19.3. The lowest BCUT2D eigenvalue weighted by Gasteiger charge is -2.06. The standard InChI is InChI=1S/C25H22O2S/c1-2-3-16-27-20-14-15-21-22(17-20)28-25(19-12-8-5-9-13-19)23(21)24(26)18-10-6-4-7-11-18/h4-15,17H,2-3,16H2,1H3. The summed E-state index contributed by atoms with van der Waals surface area (Å²) in [5.74, 6) is 0.922. The molecule has 0 atom stereocenters. The molecule has 0 amide bonds. The van der Waals surface area contributed by atoms with Crippen LogP contribution < -0.4 is 4.74 Å². The molecule has 0 bridgehead atoms. The second-order valence-corrected chi connectivity index (χ2v) is 7.78. The Kier molecular flexibility index (Phi) is 5.54. The lowest BCUT2D eigenvalue weighted by atomic mass is 9.97. The number of fused-ring (bicyclic) bond motifs is 1. The number of ether oxygens (including phenoxy) is 1. The van der Waals surface area contributed by atoms with Crippen LogP contribution in [-0.2, 0) is 0 Å². The molecule has 4 rings (SSSR count). The first-order valence-corrected chi connectivity index (χ1v) is 10.4. The normalized spacial score (nSPS) is 10.9. The average Bonchev–Trinajstić information content (AvgIpc) is 3.13. The van der Waals surface area contributed by atoms with Gasteiger partial charge in [0.15, 0.2) is 5.78 Å². The quantitative estimate of drug-likeness (QED) is 0.253. The lowest BCUT2D eigenvalue weighted by molar-refractivity contribution is 0.104. The van der Waals surface area contributed by atoms with Gasteiger partial charge in [-0.3, -0.25) is 4.79 Å². The minimum absolute atomic E-state index is 0.0605. The van der Waals surface area contributed by atoms with Crippen LogP contribution in [-0.4, -0.2) is 12.4 Å². The van der Waals surface area contributed by atoms with Crippen molar-refractivity contribution in [1.29, 1.82) is 0 Å². The van der Waals surface area contributed by atoms with Crippen molar-refractivity contribution in [1.82, 2.24) is 0 Å². The van der Waals surface area contributed by atoms with E-state index >= 15 is 0 Å². The number of rotatable bonds is 7. The Bertz CT molecular complexity index is 1080. The first-order valence-electron chi connectivity index (χ1n) is 9.62. The second-order valence-electron chi connectivity index (χ2n) is 6.73. The molecule has 1 aromatic heterocycles. The minimum atomic E-state index is 0.0605. The smallest absolute Gasteiger partial charge is 0.195 e. The van der Waals surface area contributed by atoms with Crippen LogP contribution in [0, 0.1) is 0 Å². The molecule has 0 spiro atoms. The lowest BCUT2D eigenvalue weighted by Crippen LogP contribution is -2.02. The van der Waals surface area contributed by atoms with E-state index in [2.05, 4.69) is 25.1 Å². The highest BCUT2D eigenvalue weighted by molar-refractivity contribution is 7.22. The van der Waals surface area contributed by atoms with Crippen molar-refractivity contribution in [3.63, 3.8) is 0 Å². The maximum Gasteiger partial charge on any atom is 0.195 e. The second kappa shape index (κ2) is 8.41. The number of hydrogen-bond acceptors (Lipinski definition) is 3. The van der Waals surface area contributed by atoms with E-state index in [4.69, 9.17) is 4.74 Å². The van der Waals surface area contributed by atoms with Crippen LogP contribution in [0.2, 0.25) is 0 Å². The Morgan fingerprint density at radius 3 is 2.36 bits per heavy atom. The summed E-state index contributed by atoms with van der Waals surface area (Å²) in [7, 11) is 0. The molecule has 3 aromatic carbocycles. The van der Waals surface area contributed by atoms with E-state index in [9.17, 15) is 4.79 Å². The number of carbonyl (C=O) groups is 1.